The van der Waals surface area contributed by atoms with Gasteiger partial charge in [-0.1, -0.05) is 66.2 Å². The molecule has 0 saturated carbocycles. The van der Waals surface area contributed by atoms with Crippen molar-refractivity contribution in [1.29, 1.82) is 0 Å². The van der Waals surface area contributed by atoms with E-state index < -0.39 is 12.1 Å². The molecule has 37 heavy (non-hydrogen) atoms. The molecular formula is C29H35N5O3. The van der Waals surface area contributed by atoms with Gasteiger partial charge in [0.2, 0.25) is 5.91 Å². The number of rotatable bonds is 10. The average molecular weight is 502 g/mol. The number of hydrogen-bond acceptors (Lipinski definition) is 4. The number of nitrogens with zero attached hydrogens (tertiary/aromatic N) is 3. The van der Waals surface area contributed by atoms with Crippen LogP contribution in [0, 0.1) is 6.92 Å². The predicted octanol–water partition coefficient (Wildman–Crippen LogP) is 2.63. The van der Waals surface area contributed by atoms with Crippen LogP contribution in [0.15, 0.2) is 78.5 Å². The number of likely N-dealkylation sites (N-methyl/N-ethyl adjacent to an activating group) is 1. The molecule has 8 heteroatoms. The van der Waals surface area contributed by atoms with Crippen molar-refractivity contribution >= 4 is 17.8 Å². The Hall–Kier alpha value is -3.91. The Kier molecular flexibility index (Phi) is 8.08. The van der Waals surface area contributed by atoms with Gasteiger partial charge in [0, 0.05) is 26.1 Å². The van der Waals surface area contributed by atoms with E-state index in [4.69, 9.17) is 0 Å². The van der Waals surface area contributed by atoms with Crippen molar-refractivity contribution in [2.45, 2.75) is 25.4 Å². The maximum absolute atomic E-state index is 14.1. The summed E-state index contributed by atoms with van der Waals surface area (Å²) in [5, 5.41) is 6.01. The minimum Gasteiger partial charge on any atom is -0.353 e. The Balaban J connectivity index is 1.70. The minimum absolute atomic E-state index is 0.177. The molecule has 2 unspecified atom stereocenters. The number of benzene rings is 2. The number of amides is 4. The van der Waals surface area contributed by atoms with Crippen molar-refractivity contribution in [3.63, 3.8) is 0 Å². The van der Waals surface area contributed by atoms with E-state index in [-0.39, 0.29) is 30.9 Å². The quantitative estimate of drug-likeness (QED) is 0.490. The summed E-state index contributed by atoms with van der Waals surface area (Å²) in [6.07, 6.45) is 2.01. The van der Waals surface area contributed by atoms with Gasteiger partial charge in [-0.25, -0.2) is 4.79 Å². The lowest BCUT2D eigenvalue weighted by Gasteiger charge is -2.33. The van der Waals surface area contributed by atoms with Crippen molar-refractivity contribution in [2.75, 3.05) is 40.3 Å². The second kappa shape index (κ2) is 11.4. The SMILES string of the molecule is C=CCN1C(=O)NC(c2cccc(C)c2)C2=C1CN(C(Cc1ccccc1)C(=O)NCCN(C)C)C2=O. The van der Waals surface area contributed by atoms with Crippen molar-refractivity contribution in [3.05, 3.63) is 95.2 Å². The second-order valence-corrected chi connectivity index (χ2v) is 9.79. The molecule has 0 saturated heterocycles. The Bertz CT molecular complexity index is 1210. The van der Waals surface area contributed by atoms with Crippen molar-refractivity contribution in [3.8, 4) is 0 Å². The predicted molar refractivity (Wildman–Crippen MR) is 144 cm³/mol. The first-order chi connectivity index (χ1) is 17.8. The van der Waals surface area contributed by atoms with Crippen molar-refractivity contribution in [1.82, 2.24) is 25.3 Å². The first-order valence-electron chi connectivity index (χ1n) is 12.6. The van der Waals surface area contributed by atoms with Gasteiger partial charge >= 0.3 is 6.03 Å². The van der Waals surface area contributed by atoms with E-state index in [9.17, 15) is 14.4 Å². The number of hydrogen-bond donors (Lipinski definition) is 2. The third-order valence-corrected chi connectivity index (χ3v) is 6.75. The van der Waals surface area contributed by atoms with Gasteiger partial charge in [-0.2, -0.15) is 0 Å². The molecule has 4 amide bonds. The summed E-state index contributed by atoms with van der Waals surface area (Å²) in [4.78, 5) is 45.8. The molecule has 0 aromatic heterocycles. The van der Waals surface area contributed by atoms with E-state index in [1.54, 1.807) is 15.9 Å². The Labute approximate surface area is 218 Å². The second-order valence-electron chi connectivity index (χ2n) is 9.79. The zero-order valence-corrected chi connectivity index (χ0v) is 21.7. The van der Waals surface area contributed by atoms with E-state index in [1.165, 1.54) is 0 Å². The van der Waals surface area contributed by atoms with Crippen LogP contribution in [0.25, 0.3) is 0 Å². The lowest BCUT2D eigenvalue weighted by molar-refractivity contribution is -0.136. The fraction of sp³-hybridized carbons (Fsp3) is 0.345. The molecule has 2 aliphatic rings. The first kappa shape index (κ1) is 26.2. The topological polar surface area (TPSA) is 85.0 Å². The summed E-state index contributed by atoms with van der Waals surface area (Å²) >= 11 is 0. The maximum Gasteiger partial charge on any atom is 0.322 e. The van der Waals surface area contributed by atoms with E-state index in [0.29, 0.717) is 30.8 Å². The zero-order chi connectivity index (χ0) is 26.5. The Morgan fingerprint density at radius 1 is 1.19 bits per heavy atom. The minimum atomic E-state index is -0.721. The van der Waals surface area contributed by atoms with Crippen molar-refractivity contribution in [2.24, 2.45) is 0 Å². The lowest BCUT2D eigenvalue weighted by Crippen LogP contribution is -2.50. The highest BCUT2D eigenvalue weighted by Crippen LogP contribution is 2.37. The lowest BCUT2D eigenvalue weighted by atomic mass is 9.94. The molecule has 8 nitrogen and oxygen atoms in total. The van der Waals surface area contributed by atoms with Crippen LogP contribution in [0.1, 0.15) is 22.7 Å². The summed E-state index contributed by atoms with van der Waals surface area (Å²) in [6.45, 7) is 7.37. The molecule has 194 valence electrons. The van der Waals surface area contributed by atoms with Gasteiger partial charge in [0.25, 0.3) is 5.91 Å². The number of carbonyl (C=O) groups is 3. The maximum atomic E-state index is 14.1. The zero-order valence-electron chi connectivity index (χ0n) is 21.7. The van der Waals surface area contributed by atoms with Gasteiger partial charge < -0.3 is 20.4 Å². The van der Waals surface area contributed by atoms with Gasteiger partial charge in [0.05, 0.1) is 23.9 Å². The van der Waals surface area contributed by atoms with Crippen LogP contribution >= 0.6 is 0 Å². The molecule has 0 bridgehead atoms. The summed E-state index contributed by atoms with van der Waals surface area (Å²) < 4.78 is 0. The van der Waals surface area contributed by atoms with Crippen LogP contribution in [0.3, 0.4) is 0 Å². The third-order valence-electron chi connectivity index (χ3n) is 6.75. The van der Waals surface area contributed by atoms with E-state index >= 15 is 0 Å². The highest BCUT2D eigenvalue weighted by molar-refractivity contribution is 6.03. The smallest absolute Gasteiger partial charge is 0.322 e. The van der Waals surface area contributed by atoms with Crippen LogP contribution in [0.4, 0.5) is 4.79 Å². The fourth-order valence-corrected chi connectivity index (χ4v) is 4.89. The van der Waals surface area contributed by atoms with Gasteiger partial charge in [0.1, 0.15) is 6.04 Å². The molecule has 2 heterocycles. The Morgan fingerprint density at radius 2 is 1.95 bits per heavy atom. The summed E-state index contributed by atoms with van der Waals surface area (Å²) in [6, 6.07) is 15.9. The molecule has 0 spiro atoms. The van der Waals surface area contributed by atoms with Crippen LogP contribution in [0.2, 0.25) is 0 Å². The summed E-state index contributed by atoms with van der Waals surface area (Å²) in [5.41, 5.74) is 3.96. The third kappa shape index (κ3) is 5.75. The molecule has 2 aromatic carbocycles. The first-order valence-corrected chi connectivity index (χ1v) is 12.6. The molecule has 2 atom stereocenters. The highest BCUT2D eigenvalue weighted by atomic mass is 16.2. The summed E-state index contributed by atoms with van der Waals surface area (Å²) in [5.74, 6) is -0.445. The van der Waals surface area contributed by atoms with E-state index in [2.05, 4.69) is 17.2 Å². The van der Waals surface area contributed by atoms with Gasteiger partial charge in [-0.05, 0) is 32.1 Å². The van der Waals surface area contributed by atoms with Gasteiger partial charge in [-0.3, -0.25) is 14.5 Å². The molecule has 0 aliphatic carbocycles. The molecule has 4 rings (SSSR count). The van der Waals surface area contributed by atoms with Crippen molar-refractivity contribution < 1.29 is 14.4 Å². The van der Waals surface area contributed by atoms with Crippen LogP contribution in [-0.2, 0) is 16.0 Å². The Morgan fingerprint density at radius 3 is 2.62 bits per heavy atom. The number of aryl methyl sites for hydroxylation is 1. The molecular weight excluding hydrogens is 466 g/mol. The fourth-order valence-electron chi connectivity index (χ4n) is 4.89. The molecule has 2 aromatic rings. The molecule has 0 radical (unpaired) electrons. The highest BCUT2D eigenvalue weighted by Gasteiger charge is 2.46. The standard InChI is InChI=1S/C29H35N5O3/c1-5-15-33-24-19-34(23(18-21-11-7-6-8-12-21)27(35)30-14-16-32(3)4)28(36)25(24)26(31-29(33)37)22-13-9-10-20(2)17-22/h5-13,17,23,26H,1,14-16,18-19H2,2-4H3,(H,30,35)(H,31,37). The monoisotopic (exact) mass is 501 g/mol. The molecule has 0 fully saturated rings. The van der Waals surface area contributed by atoms with Gasteiger partial charge in [-0.15, -0.1) is 6.58 Å². The van der Waals surface area contributed by atoms with Gasteiger partial charge in [0.15, 0.2) is 0 Å². The van der Waals surface area contributed by atoms with E-state index in [0.717, 1.165) is 16.7 Å². The van der Waals surface area contributed by atoms with E-state index in [1.807, 2.05) is 80.5 Å². The molecule has 2 aliphatic heterocycles. The van der Waals surface area contributed by atoms with Crippen LogP contribution in [-0.4, -0.2) is 78.9 Å². The van der Waals surface area contributed by atoms with Crippen LogP contribution in [0.5, 0.6) is 0 Å². The largest absolute Gasteiger partial charge is 0.353 e. The normalized spacial score (nSPS) is 18.1. The summed E-state index contributed by atoms with van der Waals surface area (Å²) in [7, 11) is 3.89. The number of carbonyl (C=O) groups excluding carboxylic acids is 3. The average Bonchev–Trinajstić information content (AvgIpc) is 3.21. The number of urea groups is 1. The molecule has 2 N–H and O–H groups in total. The van der Waals surface area contributed by atoms with Crippen LogP contribution < -0.4 is 10.6 Å². The number of nitrogens with one attached hydrogen (secondary N) is 2.